The summed E-state index contributed by atoms with van der Waals surface area (Å²) in [5, 5.41) is 12.0. The third-order valence-electron chi connectivity index (χ3n) is 1.65. The van der Waals surface area contributed by atoms with Crippen molar-refractivity contribution in [2.45, 2.75) is 0 Å². The summed E-state index contributed by atoms with van der Waals surface area (Å²) in [5.74, 6) is 4.17. The minimum absolute atomic E-state index is 0.0354. The minimum atomic E-state index is -1.06. The van der Waals surface area contributed by atoms with Crippen molar-refractivity contribution in [2.24, 2.45) is 5.11 Å². The average molecular weight is 216 g/mol. The molecule has 0 atom stereocenters. The fourth-order valence-corrected chi connectivity index (χ4v) is 1.06. The highest BCUT2D eigenvalue weighted by Crippen LogP contribution is 2.11. The Morgan fingerprint density at radius 1 is 1.56 bits per heavy atom. The number of azide groups is 1. The first-order chi connectivity index (χ1) is 7.63. The van der Waals surface area contributed by atoms with Gasteiger partial charge in [0.2, 0.25) is 0 Å². The highest BCUT2D eigenvalue weighted by atomic mass is 16.4. The maximum Gasteiger partial charge on any atom is 0.335 e. The van der Waals surface area contributed by atoms with E-state index in [4.69, 9.17) is 16.4 Å². The smallest absolute Gasteiger partial charge is 0.335 e. The molecule has 16 heavy (non-hydrogen) atoms. The topological polar surface area (TPSA) is 112 Å². The molecule has 0 aromatic heterocycles. The van der Waals surface area contributed by atoms with E-state index in [-0.39, 0.29) is 12.1 Å². The van der Waals surface area contributed by atoms with Crippen molar-refractivity contribution < 1.29 is 9.90 Å². The first-order valence-corrected chi connectivity index (χ1v) is 4.27. The van der Waals surface area contributed by atoms with Crippen LogP contribution in [0.5, 0.6) is 0 Å². The van der Waals surface area contributed by atoms with E-state index in [1.807, 2.05) is 0 Å². The maximum atomic E-state index is 10.7. The fraction of sp³-hybridized carbons (Fsp3) is 0.100. The quantitative estimate of drug-likeness (QED) is 0.257. The van der Waals surface area contributed by atoms with Crippen LogP contribution in [0.25, 0.3) is 10.4 Å². The predicted molar refractivity (Wildman–Crippen MR) is 58.7 cm³/mol. The van der Waals surface area contributed by atoms with E-state index in [0.717, 1.165) is 0 Å². The molecule has 0 radical (unpaired) electrons. The average Bonchev–Trinajstić information content (AvgIpc) is 2.23. The van der Waals surface area contributed by atoms with Crippen LogP contribution < -0.4 is 5.73 Å². The Bertz CT molecular complexity index is 521. The van der Waals surface area contributed by atoms with E-state index in [1.54, 1.807) is 6.07 Å². The molecule has 0 heterocycles. The number of carboxylic acids is 1. The van der Waals surface area contributed by atoms with Crippen molar-refractivity contribution in [1.82, 2.24) is 0 Å². The van der Waals surface area contributed by atoms with Crippen molar-refractivity contribution >= 4 is 11.7 Å². The highest BCUT2D eigenvalue weighted by molar-refractivity contribution is 5.89. The van der Waals surface area contributed by atoms with Crippen molar-refractivity contribution in [3.05, 3.63) is 39.8 Å². The molecule has 0 spiro atoms. The Morgan fingerprint density at radius 3 is 2.94 bits per heavy atom. The Balaban J connectivity index is 2.99. The fourth-order valence-electron chi connectivity index (χ4n) is 1.06. The zero-order valence-corrected chi connectivity index (χ0v) is 8.21. The van der Waals surface area contributed by atoms with E-state index < -0.39 is 5.97 Å². The van der Waals surface area contributed by atoms with Crippen LogP contribution in [-0.4, -0.2) is 17.6 Å². The van der Waals surface area contributed by atoms with Crippen LogP contribution >= 0.6 is 0 Å². The summed E-state index contributed by atoms with van der Waals surface area (Å²) in [5.41, 5.74) is 14.4. The summed E-state index contributed by atoms with van der Waals surface area (Å²) in [6.45, 7) is 0.0354. The lowest BCUT2D eigenvalue weighted by Gasteiger charge is -1.98. The van der Waals surface area contributed by atoms with Gasteiger partial charge in [0.25, 0.3) is 0 Å². The molecule has 0 fully saturated rings. The molecule has 0 bridgehead atoms. The molecule has 0 aliphatic rings. The van der Waals surface area contributed by atoms with Crippen LogP contribution in [0.4, 0.5) is 5.69 Å². The molecule has 6 nitrogen and oxygen atoms in total. The van der Waals surface area contributed by atoms with Crippen LogP contribution in [0.1, 0.15) is 15.9 Å². The number of hydrogen-bond acceptors (Lipinski definition) is 3. The summed E-state index contributed by atoms with van der Waals surface area (Å²) in [6.07, 6.45) is 0. The lowest BCUT2D eigenvalue weighted by Crippen LogP contribution is -1.98. The van der Waals surface area contributed by atoms with Gasteiger partial charge in [-0.2, -0.15) is 0 Å². The van der Waals surface area contributed by atoms with Crippen molar-refractivity contribution in [3.63, 3.8) is 0 Å². The minimum Gasteiger partial charge on any atom is -0.478 e. The van der Waals surface area contributed by atoms with Crippen molar-refractivity contribution in [2.75, 3.05) is 12.3 Å². The third-order valence-corrected chi connectivity index (χ3v) is 1.65. The lowest BCUT2D eigenvalue weighted by molar-refractivity contribution is 0.0697. The second-order valence-corrected chi connectivity index (χ2v) is 2.84. The van der Waals surface area contributed by atoms with Gasteiger partial charge >= 0.3 is 5.97 Å². The molecular formula is C10H8N4O2. The molecule has 0 aliphatic heterocycles. The number of carbonyl (C=O) groups is 1. The number of nitrogens with two attached hydrogens (primary N) is 1. The molecule has 80 valence electrons. The Hall–Kier alpha value is -2.64. The molecule has 1 rings (SSSR count). The van der Waals surface area contributed by atoms with E-state index in [9.17, 15) is 4.79 Å². The lowest BCUT2D eigenvalue weighted by atomic mass is 10.1. The molecule has 6 heteroatoms. The first-order valence-electron chi connectivity index (χ1n) is 4.27. The first kappa shape index (κ1) is 11.4. The third kappa shape index (κ3) is 3.25. The normalized spacial score (nSPS) is 8.50. The van der Waals surface area contributed by atoms with E-state index in [1.165, 1.54) is 12.1 Å². The number of aromatic carboxylic acids is 1. The summed E-state index contributed by atoms with van der Waals surface area (Å²) in [6, 6.07) is 4.30. The summed E-state index contributed by atoms with van der Waals surface area (Å²) in [7, 11) is 0. The molecule has 0 saturated heterocycles. The van der Waals surface area contributed by atoms with Crippen molar-refractivity contribution in [3.8, 4) is 11.8 Å². The molecule has 1 aromatic carbocycles. The number of carboxylic acid groups (broad SMARTS) is 1. The molecule has 0 unspecified atom stereocenters. The van der Waals surface area contributed by atoms with Gasteiger partial charge in [0.15, 0.2) is 0 Å². The standard InChI is InChI=1S/C10H8N4O2/c11-9-5-7(2-1-3-13-14-12)4-8(6-9)10(15)16/h4-6H,3,11H2,(H,15,16). The molecule has 1 aromatic rings. The number of nitrogen functional groups attached to an aromatic ring is 1. The van der Waals surface area contributed by atoms with E-state index in [0.29, 0.717) is 11.3 Å². The van der Waals surface area contributed by atoms with Gasteiger partial charge in [-0.3, -0.25) is 0 Å². The number of hydrogen-bond donors (Lipinski definition) is 2. The molecule has 3 N–H and O–H groups in total. The highest BCUT2D eigenvalue weighted by Gasteiger charge is 2.04. The van der Waals surface area contributed by atoms with Gasteiger partial charge in [-0.15, -0.1) is 0 Å². The predicted octanol–water partition coefficient (Wildman–Crippen LogP) is 1.63. The van der Waals surface area contributed by atoms with Crippen LogP contribution in [0.2, 0.25) is 0 Å². The number of nitrogens with zero attached hydrogens (tertiary/aromatic N) is 3. The van der Waals surface area contributed by atoms with Crippen LogP contribution in [0.15, 0.2) is 23.3 Å². The molecular weight excluding hydrogens is 208 g/mol. The van der Waals surface area contributed by atoms with Gasteiger partial charge in [0.05, 0.1) is 12.1 Å². The Labute approximate surface area is 91.3 Å². The molecule has 0 amide bonds. The van der Waals surface area contributed by atoms with Gasteiger partial charge in [-0.05, 0) is 23.7 Å². The van der Waals surface area contributed by atoms with Gasteiger partial charge in [-0.1, -0.05) is 17.0 Å². The molecule has 0 saturated carbocycles. The zero-order valence-electron chi connectivity index (χ0n) is 8.21. The number of anilines is 1. The van der Waals surface area contributed by atoms with Crippen molar-refractivity contribution in [1.29, 1.82) is 0 Å². The van der Waals surface area contributed by atoms with Crippen LogP contribution in [-0.2, 0) is 0 Å². The number of benzene rings is 1. The maximum absolute atomic E-state index is 10.7. The van der Waals surface area contributed by atoms with Gasteiger partial charge in [0, 0.05) is 16.2 Å². The summed E-state index contributed by atoms with van der Waals surface area (Å²) in [4.78, 5) is 13.2. The van der Waals surface area contributed by atoms with Gasteiger partial charge in [-0.25, -0.2) is 4.79 Å². The Kier molecular flexibility index (Phi) is 3.78. The second-order valence-electron chi connectivity index (χ2n) is 2.84. The van der Waals surface area contributed by atoms with E-state index in [2.05, 4.69) is 21.9 Å². The van der Waals surface area contributed by atoms with Crippen LogP contribution in [0.3, 0.4) is 0 Å². The summed E-state index contributed by atoms with van der Waals surface area (Å²) < 4.78 is 0. The summed E-state index contributed by atoms with van der Waals surface area (Å²) >= 11 is 0. The SMILES string of the molecule is [N-]=[N+]=NCC#Cc1cc(N)cc(C(=O)O)c1. The van der Waals surface area contributed by atoms with Crippen LogP contribution in [0, 0.1) is 11.8 Å². The van der Waals surface area contributed by atoms with Gasteiger partial charge < -0.3 is 10.8 Å². The van der Waals surface area contributed by atoms with E-state index >= 15 is 0 Å². The number of rotatable bonds is 2. The largest absolute Gasteiger partial charge is 0.478 e. The zero-order chi connectivity index (χ0) is 12.0. The second kappa shape index (κ2) is 5.29. The monoisotopic (exact) mass is 216 g/mol. The van der Waals surface area contributed by atoms with Gasteiger partial charge in [0.1, 0.15) is 0 Å². The Morgan fingerprint density at radius 2 is 2.31 bits per heavy atom. The molecule has 0 aliphatic carbocycles.